The monoisotopic (exact) mass is 313 g/mol. The number of nitrogens with zero attached hydrogens (tertiary/aromatic N) is 2. The van der Waals surface area contributed by atoms with E-state index in [4.69, 9.17) is 4.74 Å². The highest BCUT2D eigenvalue weighted by Crippen LogP contribution is 2.32. The van der Waals surface area contributed by atoms with Gasteiger partial charge < -0.3 is 10.1 Å². The number of hydrogen-bond donors (Lipinski definition) is 1. The normalized spacial score (nSPS) is 10.8. The number of unbranched alkanes of at least 4 members (excludes halogenated alkanes) is 1. The van der Waals surface area contributed by atoms with E-state index in [1.165, 1.54) is 18.1 Å². The molecule has 0 aliphatic rings. The minimum absolute atomic E-state index is 0.856. The predicted octanol–water partition coefficient (Wildman–Crippen LogP) is 4.58. The zero-order valence-electron chi connectivity index (χ0n) is 12.8. The largest absolute Gasteiger partial charge is 0.497 e. The average molecular weight is 313 g/mol. The topological polar surface area (TPSA) is 47.0 Å². The number of aromatic nitrogens is 2. The standard InChI is InChI=1S/C17H19N3OS/c1-3-4-11-18-15-10-9-14(16-17(15)20-22-19-16)12-5-7-13(21-2)8-6-12/h5-10,18H,3-4,11H2,1-2H3. The summed E-state index contributed by atoms with van der Waals surface area (Å²) in [4.78, 5) is 0. The molecule has 1 aromatic heterocycles. The van der Waals surface area contributed by atoms with Gasteiger partial charge in [0.05, 0.1) is 24.5 Å². The molecule has 1 heterocycles. The van der Waals surface area contributed by atoms with E-state index in [2.05, 4.69) is 45.3 Å². The first-order valence-corrected chi connectivity index (χ1v) is 8.20. The van der Waals surface area contributed by atoms with Crippen LogP contribution in [0.25, 0.3) is 22.2 Å². The summed E-state index contributed by atoms with van der Waals surface area (Å²) >= 11 is 1.26. The number of benzene rings is 2. The quantitative estimate of drug-likeness (QED) is 0.677. The van der Waals surface area contributed by atoms with Crippen LogP contribution in [0.1, 0.15) is 19.8 Å². The molecule has 0 fully saturated rings. The number of fused-ring (bicyclic) bond motifs is 1. The van der Waals surface area contributed by atoms with E-state index in [0.29, 0.717) is 0 Å². The Labute approximate surface area is 134 Å². The molecular formula is C17H19N3OS. The maximum absolute atomic E-state index is 5.22. The first-order chi connectivity index (χ1) is 10.8. The minimum Gasteiger partial charge on any atom is -0.497 e. The van der Waals surface area contributed by atoms with Crippen molar-refractivity contribution in [2.75, 3.05) is 19.0 Å². The summed E-state index contributed by atoms with van der Waals surface area (Å²) in [6, 6.07) is 12.2. The van der Waals surface area contributed by atoms with Gasteiger partial charge in [0.1, 0.15) is 16.8 Å². The molecule has 5 heteroatoms. The maximum Gasteiger partial charge on any atom is 0.128 e. The highest BCUT2D eigenvalue weighted by Gasteiger charge is 2.11. The van der Waals surface area contributed by atoms with E-state index >= 15 is 0 Å². The summed E-state index contributed by atoms with van der Waals surface area (Å²) < 4.78 is 14.2. The molecule has 0 unspecified atom stereocenters. The summed E-state index contributed by atoms with van der Waals surface area (Å²) in [5, 5.41) is 3.46. The molecule has 4 nitrogen and oxygen atoms in total. The smallest absolute Gasteiger partial charge is 0.128 e. The Morgan fingerprint density at radius 1 is 1.05 bits per heavy atom. The lowest BCUT2D eigenvalue weighted by atomic mass is 10.0. The Morgan fingerprint density at radius 3 is 2.55 bits per heavy atom. The molecule has 0 bridgehead atoms. The Balaban J connectivity index is 1.97. The lowest BCUT2D eigenvalue weighted by Crippen LogP contribution is -2.01. The summed E-state index contributed by atoms with van der Waals surface area (Å²) in [7, 11) is 1.67. The molecule has 0 aliphatic carbocycles. The molecule has 0 spiro atoms. The minimum atomic E-state index is 0.856. The fourth-order valence-electron chi connectivity index (χ4n) is 2.41. The van der Waals surface area contributed by atoms with Gasteiger partial charge in [0.15, 0.2) is 0 Å². The summed E-state index contributed by atoms with van der Waals surface area (Å²) in [6.45, 7) is 3.15. The van der Waals surface area contributed by atoms with E-state index in [1.54, 1.807) is 7.11 Å². The molecule has 0 amide bonds. The van der Waals surface area contributed by atoms with Crippen LogP contribution in [0, 0.1) is 0 Å². The van der Waals surface area contributed by atoms with Gasteiger partial charge in [0.2, 0.25) is 0 Å². The summed E-state index contributed by atoms with van der Waals surface area (Å²) in [5.74, 6) is 0.856. The Bertz CT molecular complexity index is 752. The zero-order chi connectivity index (χ0) is 15.4. The molecule has 2 aromatic carbocycles. The molecule has 3 rings (SSSR count). The van der Waals surface area contributed by atoms with Crippen LogP contribution in [-0.2, 0) is 0 Å². The number of rotatable bonds is 6. The molecule has 0 atom stereocenters. The van der Waals surface area contributed by atoms with Gasteiger partial charge in [-0.1, -0.05) is 25.5 Å². The van der Waals surface area contributed by atoms with E-state index in [9.17, 15) is 0 Å². The van der Waals surface area contributed by atoms with Crippen molar-refractivity contribution in [3.63, 3.8) is 0 Å². The van der Waals surface area contributed by atoms with Gasteiger partial charge in [-0.05, 0) is 36.2 Å². The lowest BCUT2D eigenvalue weighted by molar-refractivity contribution is 0.415. The van der Waals surface area contributed by atoms with Crippen molar-refractivity contribution in [2.45, 2.75) is 19.8 Å². The zero-order valence-corrected chi connectivity index (χ0v) is 13.6. The van der Waals surface area contributed by atoms with Gasteiger partial charge in [0.25, 0.3) is 0 Å². The first kappa shape index (κ1) is 14.8. The van der Waals surface area contributed by atoms with E-state index < -0.39 is 0 Å². The highest BCUT2D eigenvalue weighted by molar-refractivity contribution is 7.00. The van der Waals surface area contributed by atoms with E-state index in [1.807, 2.05) is 12.1 Å². The van der Waals surface area contributed by atoms with Crippen LogP contribution in [0.2, 0.25) is 0 Å². The molecule has 0 saturated heterocycles. The fraction of sp³-hybridized carbons (Fsp3) is 0.294. The molecule has 0 radical (unpaired) electrons. The second kappa shape index (κ2) is 6.75. The van der Waals surface area contributed by atoms with Crippen LogP contribution < -0.4 is 10.1 Å². The third-order valence-corrected chi connectivity index (χ3v) is 4.19. The maximum atomic E-state index is 5.22. The van der Waals surface area contributed by atoms with Crippen molar-refractivity contribution in [3.05, 3.63) is 36.4 Å². The fourth-order valence-corrected chi connectivity index (χ4v) is 2.99. The molecule has 3 aromatic rings. The van der Waals surface area contributed by atoms with Crippen molar-refractivity contribution in [1.82, 2.24) is 8.75 Å². The van der Waals surface area contributed by atoms with Crippen LogP contribution in [0.3, 0.4) is 0 Å². The van der Waals surface area contributed by atoms with Crippen molar-refractivity contribution >= 4 is 28.4 Å². The number of methoxy groups -OCH3 is 1. The molecule has 1 N–H and O–H groups in total. The van der Waals surface area contributed by atoms with Gasteiger partial charge in [-0.3, -0.25) is 0 Å². The highest BCUT2D eigenvalue weighted by atomic mass is 32.1. The van der Waals surface area contributed by atoms with Crippen molar-refractivity contribution in [3.8, 4) is 16.9 Å². The van der Waals surface area contributed by atoms with Crippen molar-refractivity contribution in [2.24, 2.45) is 0 Å². The van der Waals surface area contributed by atoms with Crippen LogP contribution in [0.15, 0.2) is 36.4 Å². The molecule has 0 aliphatic heterocycles. The van der Waals surface area contributed by atoms with Crippen molar-refractivity contribution in [1.29, 1.82) is 0 Å². The third-order valence-electron chi connectivity index (χ3n) is 3.66. The number of anilines is 1. The van der Waals surface area contributed by atoms with Gasteiger partial charge >= 0.3 is 0 Å². The summed E-state index contributed by atoms with van der Waals surface area (Å²) in [6.07, 6.45) is 2.33. The number of nitrogens with one attached hydrogen (secondary N) is 1. The second-order valence-corrected chi connectivity index (χ2v) is 5.66. The molecule has 114 valence electrons. The third kappa shape index (κ3) is 2.90. The van der Waals surface area contributed by atoms with Crippen LogP contribution >= 0.6 is 11.7 Å². The second-order valence-electron chi connectivity index (χ2n) is 5.13. The number of hydrogen-bond acceptors (Lipinski definition) is 5. The van der Waals surface area contributed by atoms with Gasteiger partial charge in [-0.2, -0.15) is 8.75 Å². The van der Waals surface area contributed by atoms with Gasteiger partial charge in [-0.15, -0.1) is 0 Å². The van der Waals surface area contributed by atoms with Crippen LogP contribution in [-0.4, -0.2) is 22.4 Å². The van der Waals surface area contributed by atoms with E-state index in [0.717, 1.165) is 46.6 Å². The Morgan fingerprint density at radius 2 is 1.82 bits per heavy atom. The Kier molecular flexibility index (Phi) is 4.53. The SMILES string of the molecule is CCCCNc1ccc(-c2ccc(OC)cc2)c2nsnc12. The van der Waals surface area contributed by atoms with Crippen LogP contribution in [0.4, 0.5) is 5.69 Å². The van der Waals surface area contributed by atoms with E-state index in [-0.39, 0.29) is 0 Å². The van der Waals surface area contributed by atoms with Gasteiger partial charge in [-0.25, -0.2) is 0 Å². The number of ether oxygens (including phenoxy) is 1. The van der Waals surface area contributed by atoms with Gasteiger partial charge in [0, 0.05) is 12.1 Å². The molecular weight excluding hydrogens is 294 g/mol. The summed E-state index contributed by atoms with van der Waals surface area (Å²) in [5.41, 5.74) is 5.20. The predicted molar refractivity (Wildman–Crippen MR) is 92.8 cm³/mol. The average Bonchev–Trinajstić information content (AvgIpc) is 3.05. The van der Waals surface area contributed by atoms with Crippen molar-refractivity contribution < 1.29 is 4.74 Å². The molecule has 22 heavy (non-hydrogen) atoms. The Hall–Kier alpha value is -2.14. The lowest BCUT2D eigenvalue weighted by Gasteiger charge is -2.09. The van der Waals surface area contributed by atoms with Crippen LogP contribution in [0.5, 0.6) is 5.75 Å². The first-order valence-electron chi connectivity index (χ1n) is 7.47. The molecule has 0 saturated carbocycles.